The molecule has 0 unspecified atom stereocenters. The van der Waals surface area contributed by atoms with Crippen LogP contribution in [-0.4, -0.2) is 25.1 Å². The number of rotatable bonds is 6. The third kappa shape index (κ3) is 3.81. The van der Waals surface area contributed by atoms with Gasteiger partial charge in [-0.1, -0.05) is 35.9 Å². The Morgan fingerprint density at radius 2 is 1.96 bits per heavy atom. The zero-order valence-corrected chi connectivity index (χ0v) is 15.9. The predicted molar refractivity (Wildman–Crippen MR) is 103 cm³/mol. The topological polar surface area (TPSA) is 60.5 Å². The summed E-state index contributed by atoms with van der Waals surface area (Å²) in [6.45, 7) is 0.341. The van der Waals surface area contributed by atoms with Crippen LogP contribution >= 0.6 is 22.9 Å². The van der Waals surface area contributed by atoms with Crippen molar-refractivity contribution < 1.29 is 14.3 Å². The van der Waals surface area contributed by atoms with Gasteiger partial charge >= 0.3 is 0 Å². The van der Waals surface area contributed by atoms with Crippen LogP contribution in [-0.2, 0) is 6.54 Å². The zero-order valence-electron chi connectivity index (χ0n) is 14.3. The molecule has 0 bridgehead atoms. The maximum Gasteiger partial charge on any atom is 0.271 e. The summed E-state index contributed by atoms with van der Waals surface area (Å²) in [7, 11) is 3.16. The molecule has 7 heteroatoms. The third-order valence-electron chi connectivity index (χ3n) is 3.77. The lowest BCUT2D eigenvalue weighted by Crippen LogP contribution is -2.23. The van der Waals surface area contributed by atoms with E-state index in [9.17, 15) is 4.79 Å². The number of hydrogen-bond donors (Lipinski definition) is 1. The Bertz CT molecular complexity index is 927. The lowest BCUT2D eigenvalue weighted by molar-refractivity contribution is 0.0946. The minimum absolute atomic E-state index is 0.255. The van der Waals surface area contributed by atoms with E-state index in [1.807, 2.05) is 36.4 Å². The predicted octanol–water partition coefficient (Wildman–Crippen LogP) is 4.41. The summed E-state index contributed by atoms with van der Waals surface area (Å²) in [6, 6.07) is 12.9. The fourth-order valence-electron chi connectivity index (χ4n) is 2.47. The van der Waals surface area contributed by atoms with E-state index in [1.165, 1.54) is 11.3 Å². The summed E-state index contributed by atoms with van der Waals surface area (Å²) >= 11 is 7.48. The molecule has 0 spiro atoms. The molecule has 3 rings (SSSR count). The number of ether oxygens (including phenoxy) is 2. The van der Waals surface area contributed by atoms with E-state index in [0.717, 1.165) is 11.1 Å². The van der Waals surface area contributed by atoms with Crippen molar-refractivity contribution in [2.24, 2.45) is 0 Å². The first-order chi connectivity index (χ1) is 12.6. The van der Waals surface area contributed by atoms with Gasteiger partial charge in [0.1, 0.15) is 10.7 Å². The van der Waals surface area contributed by atoms with E-state index in [1.54, 1.807) is 25.7 Å². The molecule has 1 amide bonds. The van der Waals surface area contributed by atoms with Gasteiger partial charge in [0.2, 0.25) is 0 Å². The van der Waals surface area contributed by atoms with Crippen LogP contribution in [0.25, 0.3) is 10.6 Å². The molecular formula is C19H17ClN2O3S. The molecule has 0 saturated heterocycles. The maximum absolute atomic E-state index is 12.4. The SMILES string of the molecule is COc1cccc(-c2nc(C(=O)NCc3ccccc3Cl)cs2)c1OC. The molecule has 0 atom stereocenters. The lowest BCUT2D eigenvalue weighted by atomic mass is 10.2. The highest BCUT2D eigenvalue weighted by atomic mass is 35.5. The number of benzene rings is 2. The van der Waals surface area contributed by atoms with Crippen molar-refractivity contribution in [1.82, 2.24) is 10.3 Å². The van der Waals surface area contributed by atoms with E-state index in [4.69, 9.17) is 21.1 Å². The van der Waals surface area contributed by atoms with E-state index in [0.29, 0.717) is 33.8 Å². The first-order valence-corrected chi connectivity index (χ1v) is 9.08. The Morgan fingerprint density at radius 3 is 2.69 bits per heavy atom. The summed E-state index contributed by atoms with van der Waals surface area (Å²) in [4.78, 5) is 16.8. The average Bonchev–Trinajstić information content (AvgIpc) is 3.16. The Morgan fingerprint density at radius 1 is 1.15 bits per heavy atom. The molecule has 0 fully saturated rings. The first kappa shape index (κ1) is 18.2. The monoisotopic (exact) mass is 388 g/mol. The van der Waals surface area contributed by atoms with Crippen LogP contribution in [0.4, 0.5) is 0 Å². The molecule has 2 aromatic carbocycles. The van der Waals surface area contributed by atoms with Crippen molar-refractivity contribution in [2.75, 3.05) is 14.2 Å². The van der Waals surface area contributed by atoms with Crippen LogP contribution in [0, 0.1) is 0 Å². The Hall–Kier alpha value is -2.57. The second-order valence-corrected chi connectivity index (χ2v) is 6.62. The number of thiazole rings is 1. The van der Waals surface area contributed by atoms with Gasteiger partial charge in [-0.15, -0.1) is 11.3 Å². The Balaban J connectivity index is 1.78. The lowest BCUT2D eigenvalue weighted by Gasteiger charge is -2.10. The highest BCUT2D eigenvalue weighted by Gasteiger charge is 2.17. The molecule has 5 nitrogen and oxygen atoms in total. The molecule has 1 N–H and O–H groups in total. The van der Waals surface area contributed by atoms with Gasteiger partial charge in [-0.2, -0.15) is 0 Å². The van der Waals surface area contributed by atoms with Gasteiger partial charge in [0.15, 0.2) is 11.5 Å². The molecule has 26 heavy (non-hydrogen) atoms. The molecule has 1 heterocycles. The summed E-state index contributed by atoms with van der Waals surface area (Å²) < 4.78 is 10.7. The van der Waals surface area contributed by atoms with Gasteiger partial charge in [0.25, 0.3) is 5.91 Å². The van der Waals surface area contributed by atoms with Gasteiger partial charge in [0.05, 0.1) is 19.8 Å². The Kier molecular flexibility index (Phi) is 5.75. The van der Waals surface area contributed by atoms with Crippen molar-refractivity contribution in [1.29, 1.82) is 0 Å². The number of nitrogens with one attached hydrogen (secondary N) is 1. The van der Waals surface area contributed by atoms with Gasteiger partial charge in [-0.3, -0.25) is 4.79 Å². The normalized spacial score (nSPS) is 10.4. The fourth-order valence-corrected chi connectivity index (χ4v) is 3.49. The number of carbonyl (C=O) groups is 1. The molecule has 0 saturated carbocycles. The number of halogens is 1. The summed E-state index contributed by atoms with van der Waals surface area (Å²) in [6.07, 6.45) is 0. The smallest absolute Gasteiger partial charge is 0.271 e. The quantitative estimate of drug-likeness (QED) is 0.679. The minimum Gasteiger partial charge on any atom is -0.493 e. The molecular weight excluding hydrogens is 372 g/mol. The highest BCUT2D eigenvalue weighted by Crippen LogP contribution is 2.38. The van der Waals surface area contributed by atoms with Crippen molar-refractivity contribution in [3.8, 4) is 22.1 Å². The number of hydrogen-bond acceptors (Lipinski definition) is 5. The maximum atomic E-state index is 12.4. The van der Waals surface area contributed by atoms with E-state index >= 15 is 0 Å². The van der Waals surface area contributed by atoms with E-state index in [2.05, 4.69) is 10.3 Å². The highest BCUT2D eigenvalue weighted by molar-refractivity contribution is 7.13. The molecule has 3 aromatic rings. The summed E-state index contributed by atoms with van der Waals surface area (Å²) in [5.41, 5.74) is 1.98. The number of aromatic nitrogens is 1. The number of para-hydroxylation sites is 1. The third-order valence-corrected chi connectivity index (χ3v) is 5.01. The first-order valence-electron chi connectivity index (χ1n) is 7.82. The summed E-state index contributed by atoms with van der Waals surface area (Å²) in [5.74, 6) is 0.951. The molecule has 0 radical (unpaired) electrons. The van der Waals surface area contributed by atoms with Crippen molar-refractivity contribution in [3.05, 3.63) is 64.1 Å². The minimum atomic E-state index is -0.255. The van der Waals surface area contributed by atoms with E-state index < -0.39 is 0 Å². The Labute approximate surface area is 160 Å². The van der Waals surface area contributed by atoms with Crippen LogP contribution in [0.1, 0.15) is 16.1 Å². The second-order valence-electron chi connectivity index (χ2n) is 5.35. The van der Waals surface area contributed by atoms with Crippen LogP contribution < -0.4 is 14.8 Å². The van der Waals surface area contributed by atoms with Crippen LogP contribution in [0.5, 0.6) is 11.5 Å². The van der Waals surface area contributed by atoms with E-state index in [-0.39, 0.29) is 5.91 Å². The van der Waals surface area contributed by atoms with Crippen molar-refractivity contribution in [2.45, 2.75) is 6.54 Å². The van der Waals surface area contributed by atoms with Crippen LogP contribution in [0.2, 0.25) is 5.02 Å². The number of amides is 1. The van der Waals surface area contributed by atoms with Gasteiger partial charge < -0.3 is 14.8 Å². The standard InChI is InChI=1S/C19H17ClN2O3S/c1-24-16-9-5-7-13(17(16)25-2)19-22-15(11-26-19)18(23)21-10-12-6-3-4-8-14(12)20/h3-9,11H,10H2,1-2H3,(H,21,23). The van der Waals surface area contributed by atoms with Gasteiger partial charge in [-0.25, -0.2) is 4.98 Å². The molecule has 0 aliphatic heterocycles. The average molecular weight is 389 g/mol. The fraction of sp³-hybridized carbons (Fsp3) is 0.158. The van der Waals surface area contributed by atoms with Crippen molar-refractivity contribution in [3.63, 3.8) is 0 Å². The molecule has 0 aliphatic carbocycles. The largest absolute Gasteiger partial charge is 0.493 e. The summed E-state index contributed by atoms with van der Waals surface area (Å²) in [5, 5.41) is 5.86. The molecule has 134 valence electrons. The van der Waals surface area contributed by atoms with Crippen molar-refractivity contribution >= 4 is 28.8 Å². The second kappa shape index (κ2) is 8.21. The van der Waals surface area contributed by atoms with Gasteiger partial charge in [-0.05, 0) is 23.8 Å². The number of carbonyl (C=O) groups excluding carboxylic acids is 1. The van der Waals surface area contributed by atoms with Crippen LogP contribution in [0.15, 0.2) is 47.8 Å². The number of nitrogens with zero attached hydrogens (tertiary/aromatic N) is 1. The zero-order chi connectivity index (χ0) is 18.5. The van der Waals surface area contributed by atoms with Crippen LogP contribution in [0.3, 0.4) is 0 Å². The van der Waals surface area contributed by atoms with Gasteiger partial charge in [0, 0.05) is 16.9 Å². The molecule has 0 aliphatic rings. The molecule has 1 aromatic heterocycles. The number of methoxy groups -OCH3 is 2.